The first kappa shape index (κ1) is 24.9. The summed E-state index contributed by atoms with van der Waals surface area (Å²) in [7, 11) is -2.16. The normalized spacial score (nSPS) is 22.7. The number of nitrogens with two attached hydrogens (primary N) is 1. The molecule has 192 valence electrons. The summed E-state index contributed by atoms with van der Waals surface area (Å²) in [5.74, 6) is 0.0608. The third-order valence-corrected chi connectivity index (χ3v) is 9.75. The summed E-state index contributed by atoms with van der Waals surface area (Å²) in [5, 5.41) is 5.03. The number of primary amides is 1. The molecule has 1 saturated carbocycles. The topological polar surface area (TPSA) is 115 Å². The van der Waals surface area contributed by atoms with Crippen LogP contribution in [-0.4, -0.2) is 57.6 Å². The molecule has 1 aromatic heterocycles. The van der Waals surface area contributed by atoms with Crippen LogP contribution in [-0.2, 0) is 14.8 Å². The number of quaternary nitrogens is 1. The minimum absolute atomic E-state index is 0.0533. The van der Waals surface area contributed by atoms with E-state index < -0.39 is 19.9 Å². The Morgan fingerprint density at radius 1 is 1.17 bits per heavy atom. The van der Waals surface area contributed by atoms with Crippen molar-refractivity contribution in [3.63, 3.8) is 0 Å². The van der Waals surface area contributed by atoms with Gasteiger partial charge in [-0.3, -0.25) is 4.79 Å². The Morgan fingerprint density at radius 3 is 2.42 bits per heavy atom. The van der Waals surface area contributed by atoms with E-state index in [-0.39, 0.29) is 23.2 Å². The molecule has 5 rings (SSSR count). The zero-order valence-corrected chi connectivity index (χ0v) is 21.7. The van der Waals surface area contributed by atoms with Crippen molar-refractivity contribution in [3.8, 4) is 0 Å². The number of ether oxygens (including phenoxy) is 1. The van der Waals surface area contributed by atoms with Gasteiger partial charge < -0.3 is 15.4 Å². The van der Waals surface area contributed by atoms with E-state index in [2.05, 4.69) is 9.88 Å². The van der Waals surface area contributed by atoms with Crippen molar-refractivity contribution in [2.24, 2.45) is 22.7 Å². The molecule has 0 spiro atoms. The molecule has 10 heteroatoms. The zero-order chi connectivity index (χ0) is 25.5. The predicted molar refractivity (Wildman–Crippen MR) is 141 cm³/mol. The molecule has 1 saturated heterocycles. The first-order chi connectivity index (χ1) is 17.3. The fourth-order valence-corrected chi connectivity index (χ4v) is 6.93. The molecule has 2 fully saturated rings. The van der Waals surface area contributed by atoms with Gasteiger partial charge in [0.2, 0.25) is 0 Å². The number of carbonyl (C=O) groups is 1. The molecule has 2 N–H and O–H groups in total. The minimum Gasteiger partial charge on any atom is -0.384 e. The van der Waals surface area contributed by atoms with Crippen molar-refractivity contribution in [3.05, 3.63) is 47.7 Å². The van der Waals surface area contributed by atoms with Crippen molar-refractivity contribution in [1.29, 1.82) is 0 Å². The molecule has 9 nitrogen and oxygen atoms in total. The van der Waals surface area contributed by atoms with Gasteiger partial charge in [-0.05, 0) is 48.6 Å². The Balaban J connectivity index is 1.77. The van der Waals surface area contributed by atoms with E-state index >= 15 is 0 Å². The molecular weight excluding hydrogens is 478 g/mol. The average Bonchev–Trinajstić information content (AvgIpc) is 3.20. The first-order valence-corrected chi connectivity index (χ1v) is 14.3. The van der Waals surface area contributed by atoms with Crippen LogP contribution >= 0.6 is 0 Å². The summed E-state index contributed by atoms with van der Waals surface area (Å²) >= 11 is 0. The van der Waals surface area contributed by atoms with Gasteiger partial charge in [0.1, 0.15) is 22.7 Å². The standard InChI is InChI=1S/C26H33N5O4S/c1-3-36(33,34)31(20-10-5-4-6-11-20)26-23(24(29-31)19-8-7-9-19)22(16-21(28-26)25(27)32)30-14-12-18(13-15-30)17-35-2/h4-6,10-11,16,18-19H,3,7-9,12-15,17H2,1-2H3,(H-,27,32)/p+1. The van der Waals surface area contributed by atoms with Crippen LogP contribution in [0.2, 0.25) is 0 Å². The first-order valence-electron chi connectivity index (χ1n) is 12.7. The fraction of sp³-hybridized carbons (Fsp3) is 0.500. The number of carbonyl (C=O) groups excluding carboxylic acids is 1. The van der Waals surface area contributed by atoms with Gasteiger partial charge in [-0.25, -0.2) is 0 Å². The maximum absolute atomic E-state index is 13.9. The highest BCUT2D eigenvalue weighted by Crippen LogP contribution is 2.51. The van der Waals surface area contributed by atoms with Gasteiger partial charge in [-0.15, -0.1) is 0 Å². The Hall–Kier alpha value is -2.82. The van der Waals surface area contributed by atoms with E-state index in [1.807, 2.05) is 6.07 Å². The van der Waals surface area contributed by atoms with Crippen LogP contribution in [0, 0.1) is 11.8 Å². The van der Waals surface area contributed by atoms with Crippen molar-refractivity contribution >= 4 is 38.8 Å². The molecule has 1 amide bonds. The van der Waals surface area contributed by atoms with E-state index in [0.29, 0.717) is 18.2 Å². The van der Waals surface area contributed by atoms with E-state index in [1.54, 1.807) is 44.4 Å². The molecule has 2 aromatic rings. The molecule has 3 heterocycles. The molecule has 36 heavy (non-hydrogen) atoms. The van der Waals surface area contributed by atoms with Crippen LogP contribution in [0.25, 0.3) is 0 Å². The van der Waals surface area contributed by atoms with E-state index in [4.69, 9.17) is 15.6 Å². The Bertz CT molecular complexity index is 1280. The van der Waals surface area contributed by atoms with Gasteiger partial charge in [0.15, 0.2) is 5.69 Å². The third-order valence-electron chi connectivity index (χ3n) is 7.75. The van der Waals surface area contributed by atoms with E-state index in [9.17, 15) is 13.2 Å². The highest BCUT2D eigenvalue weighted by atomic mass is 32.2. The number of hydrogen-bond donors (Lipinski definition) is 1. The number of anilines is 1. The number of piperidine rings is 1. The third kappa shape index (κ3) is 3.91. The van der Waals surface area contributed by atoms with E-state index in [0.717, 1.165) is 62.2 Å². The quantitative estimate of drug-likeness (QED) is 0.541. The summed E-state index contributed by atoms with van der Waals surface area (Å²) in [6.45, 7) is 3.87. The van der Waals surface area contributed by atoms with Crippen molar-refractivity contribution < 1.29 is 17.9 Å². The summed E-state index contributed by atoms with van der Waals surface area (Å²) in [6.07, 6.45) is 4.87. The SMILES string of the molecule is CCS(=O)(=O)[N+]1(c2ccccc2)N=C(C2CCC2)c2c(N3CCC(COC)CC3)cc(C(N)=O)nc21. The second-order valence-electron chi connectivity index (χ2n) is 9.87. The van der Waals surface area contributed by atoms with Gasteiger partial charge in [0, 0.05) is 44.9 Å². The molecule has 1 unspecified atom stereocenters. The number of hydrogen-bond acceptors (Lipinski definition) is 7. The van der Waals surface area contributed by atoms with Crippen LogP contribution in [0.1, 0.15) is 55.1 Å². The maximum Gasteiger partial charge on any atom is 0.332 e. The van der Waals surface area contributed by atoms with Crippen LogP contribution < -0.4 is 14.6 Å². The van der Waals surface area contributed by atoms with Crippen molar-refractivity contribution in [2.45, 2.75) is 39.0 Å². The van der Waals surface area contributed by atoms with Gasteiger partial charge in [-0.2, -0.15) is 13.4 Å². The van der Waals surface area contributed by atoms with Crippen LogP contribution in [0.5, 0.6) is 0 Å². The van der Waals surface area contributed by atoms with Gasteiger partial charge >= 0.3 is 10.0 Å². The second-order valence-corrected chi connectivity index (χ2v) is 12.1. The molecule has 0 radical (unpaired) electrons. The number of rotatable bonds is 8. The summed E-state index contributed by atoms with van der Waals surface area (Å²) in [6, 6.07) is 10.7. The predicted octanol–water partition coefficient (Wildman–Crippen LogP) is 3.55. The minimum atomic E-state index is -3.88. The smallest absolute Gasteiger partial charge is 0.332 e. The van der Waals surface area contributed by atoms with Crippen LogP contribution in [0.3, 0.4) is 0 Å². The number of methoxy groups -OCH3 is 1. The zero-order valence-electron chi connectivity index (χ0n) is 20.9. The Kier molecular flexibility index (Phi) is 6.61. The molecule has 1 aromatic carbocycles. The average molecular weight is 513 g/mol. The summed E-state index contributed by atoms with van der Waals surface area (Å²) in [4.78, 5) is 19.3. The lowest BCUT2D eigenvalue weighted by atomic mass is 9.79. The number of benzene rings is 1. The number of aromatic nitrogens is 1. The number of amides is 1. The van der Waals surface area contributed by atoms with Crippen LogP contribution in [0.4, 0.5) is 17.2 Å². The number of fused-ring (bicyclic) bond motifs is 1. The lowest BCUT2D eigenvalue weighted by Gasteiger charge is -2.35. The molecule has 1 atom stereocenters. The number of pyridine rings is 1. The molecule has 0 bridgehead atoms. The van der Waals surface area contributed by atoms with Crippen molar-refractivity contribution in [1.82, 2.24) is 8.98 Å². The number of para-hydroxylation sites is 1. The van der Waals surface area contributed by atoms with Gasteiger partial charge in [0.05, 0.1) is 5.69 Å². The molecule has 2 aliphatic heterocycles. The highest BCUT2D eigenvalue weighted by molar-refractivity contribution is 7.91. The Labute approximate surface area is 212 Å². The lowest BCUT2D eigenvalue weighted by Crippen LogP contribution is -2.45. The largest absolute Gasteiger partial charge is 0.384 e. The molecule has 3 aliphatic rings. The maximum atomic E-state index is 13.9. The number of sulfonamides is 1. The number of nitrogens with zero attached hydrogens (tertiary/aromatic N) is 4. The molecule has 1 aliphatic carbocycles. The highest BCUT2D eigenvalue weighted by Gasteiger charge is 2.57. The summed E-state index contributed by atoms with van der Waals surface area (Å²) < 4.78 is 32.5. The fourth-order valence-electron chi connectivity index (χ4n) is 5.50. The second kappa shape index (κ2) is 9.57. The van der Waals surface area contributed by atoms with E-state index in [1.165, 1.54) is 0 Å². The van der Waals surface area contributed by atoms with Crippen LogP contribution in [0.15, 0.2) is 41.5 Å². The summed E-state index contributed by atoms with van der Waals surface area (Å²) in [5.41, 5.74) is 8.59. The van der Waals surface area contributed by atoms with Gasteiger partial charge in [0.25, 0.3) is 11.7 Å². The molecular formula is C26H34N5O4S+. The monoisotopic (exact) mass is 512 g/mol. The van der Waals surface area contributed by atoms with Crippen molar-refractivity contribution in [2.75, 3.05) is 37.5 Å². The van der Waals surface area contributed by atoms with Gasteiger partial charge in [-0.1, -0.05) is 29.7 Å². The lowest BCUT2D eigenvalue weighted by molar-refractivity contribution is 0.0995. The Morgan fingerprint density at radius 2 is 1.86 bits per heavy atom.